The van der Waals surface area contributed by atoms with Crippen LogP contribution in [0.5, 0.6) is 0 Å². The molecule has 5 unspecified atom stereocenters. The van der Waals surface area contributed by atoms with Crippen LogP contribution in [0.15, 0.2) is 0 Å². The first-order valence-corrected chi connectivity index (χ1v) is 5.83. The summed E-state index contributed by atoms with van der Waals surface area (Å²) >= 11 is 0. The average molecular weight is 258 g/mol. The van der Waals surface area contributed by atoms with Crippen molar-refractivity contribution < 1.29 is 36.8 Å². The minimum Gasteiger partial charge on any atom is -0.388 e. The van der Waals surface area contributed by atoms with Crippen molar-refractivity contribution in [3.63, 3.8) is 0 Å². The number of hydrogen-bond donors (Lipinski definition) is 3. The number of methoxy groups -OCH3 is 1. The topological polar surface area (TPSA) is 123 Å². The van der Waals surface area contributed by atoms with E-state index in [1.165, 1.54) is 14.0 Å². The Labute approximate surface area is 92.7 Å². The fraction of sp³-hybridized carbons (Fsp3) is 1.00. The number of aliphatic hydroxyl groups is 2. The molecular weight excluding hydrogens is 244 g/mol. The standard InChI is InChI=1S/C7H14O8S/c1-3-4(8)5(9)6(7(13-2)14-3)15-16(10,11)12/h3-9H,1-2H3,(H,10,11,12). The zero-order valence-corrected chi connectivity index (χ0v) is 9.49. The number of rotatable bonds is 3. The van der Waals surface area contributed by atoms with Crippen LogP contribution in [0.1, 0.15) is 6.92 Å². The lowest BCUT2D eigenvalue weighted by Crippen LogP contribution is -2.58. The van der Waals surface area contributed by atoms with Gasteiger partial charge in [0.25, 0.3) is 0 Å². The summed E-state index contributed by atoms with van der Waals surface area (Å²) in [5.74, 6) is 0. The third-order valence-corrected chi connectivity index (χ3v) is 2.71. The lowest BCUT2D eigenvalue weighted by atomic mass is 10.0. The summed E-state index contributed by atoms with van der Waals surface area (Å²) in [6.07, 6.45) is -6.35. The molecule has 1 heterocycles. The molecule has 0 spiro atoms. The van der Waals surface area contributed by atoms with Crippen LogP contribution in [0, 0.1) is 0 Å². The molecule has 1 fully saturated rings. The molecule has 0 saturated carbocycles. The van der Waals surface area contributed by atoms with Crippen molar-refractivity contribution in [1.29, 1.82) is 0 Å². The molecule has 5 atom stereocenters. The maximum Gasteiger partial charge on any atom is 0.397 e. The highest BCUT2D eigenvalue weighted by molar-refractivity contribution is 7.80. The van der Waals surface area contributed by atoms with E-state index in [1.807, 2.05) is 0 Å². The first kappa shape index (κ1) is 13.8. The van der Waals surface area contributed by atoms with E-state index in [2.05, 4.69) is 4.18 Å². The highest BCUT2D eigenvalue weighted by Gasteiger charge is 2.45. The second-order valence-corrected chi connectivity index (χ2v) is 4.46. The Morgan fingerprint density at radius 3 is 2.25 bits per heavy atom. The van der Waals surface area contributed by atoms with E-state index >= 15 is 0 Å². The molecule has 0 aromatic carbocycles. The van der Waals surface area contributed by atoms with Crippen molar-refractivity contribution >= 4 is 10.4 Å². The van der Waals surface area contributed by atoms with Crippen molar-refractivity contribution in [2.75, 3.05) is 7.11 Å². The molecular formula is C7H14O8S. The summed E-state index contributed by atoms with van der Waals surface area (Å²) in [4.78, 5) is 0. The molecule has 16 heavy (non-hydrogen) atoms. The van der Waals surface area contributed by atoms with Gasteiger partial charge in [0.2, 0.25) is 0 Å². The van der Waals surface area contributed by atoms with Crippen molar-refractivity contribution in [2.45, 2.75) is 37.6 Å². The normalized spacial score (nSPS) is 40.9. The molecule has 3 N–H and O–H groups in total. The molecule has 1 saturated heterocycles. The molecule has 96 valence electrons. The Bertz CT molecular complexity index is 325. The maximum atomic E-state index is 10.5. The second-order valence-electron chi connectivity index (χ2n) is 3.42. The summed E-state index contributed by atoms with van der Waals surface area (Å²) in [5.41, 5.74) is 0. The molecule has 0 amide bonds. The molecule has 1 aliphatic rings. The van der Waals surface area contributed by atoms with Gasteiger partial charge >= 0.3 is 10.4 Å². The molecule has 8 nitrogen and oxygen atoms in total. The van der Waals surface area contributed by atoms with E-state index in [4.69, 9.17) is 14.0 Å². The van der Waals surface area contributed by atoms with Crippen molar-refractivity contribution in [1.82, 2.24) is 0 Å². The van der Waals surface area contributed by atoms with Gasteiger partial charge in [-0.15, -0.1) is 0 Å². The van der Waals surface area contributed by atoms with Gasteiger partial charge in [-0.1, -0.05) is 0 Å². The lowest BCUT2D eigenvalue weighted by Gasteiger charge is -2.39. The fourth-order valence-corrected chi connectivity index (χ4v) is 1.92. The molecule has 9 heteroatoms. The van der Waals surface area contributed by atoms with E-state index in [9.17, 15) is 18.6 Å². The van der Waals surface area contributed by atoms with Crippen LogP contribution in [0.4, 0.5) is 0 Å². The van der Waals surface area contributed by atoms with E-state index in [0.29, 0.717) is 0 Å². The van der Waals surface area contributed by atoms with Gasteiger partial charge in [0.05, 0.1) is 6.10 Å². The van der Waals surface area contributed by atoms with E-state index in [0.717, 1.165) is 0 Å². The van der Waals surface area contributed by atoms with Crippen LogP contribution in [0.3, 0.4) is 0 Å². The second kappa shape index (κ2) is 4.92. The van der Waals surface area contributed by atoms with Gasteiger partial charge in [0, 0.05) is 7.11 Å². The summed E-state index contributed by atoms with van der Waals surface area (Å²) in [6, 6.07) is 0. The summed E-state index contributed by atoms with van der Waals surface area (Å²) < 4.78 is 43.5. The fourth-order valence-electron chi connectivity index (χ4n) is 1.43. The van der Waals surface area contributed by atoms with Gasteiger partial charge < -0.3 is 19.7 Å². The van der Waals surface area contributed by atoms with Gasteiger partial charge in [-0.3, -0.25) is 4.55 Å². The first-order valence-electron chi connectivity index (χ1n) is 4.46. The van der Waals surface area contributed by atoms with Gasteiger partial charge in [-0.05, 0) is 6.92 Å². The monoisotopic (exact) mass is 258 g/mol. The summed E-state index contributed by atoms with van der Waals surface area (Å²) in [7, 11) is -3.56. The van der Waals surface area contributed by atoms with Crippen molar-refractivity contribution in [3.8, 4) is 0 Å². The van der Waals surface area contributed by atoms with Crippen molar-refractivity contribution in [3.05, 3.63) is 0 Å². The van der Waals surface area contributed by atoms with Crippen LogP contribution in [-0.4, -0.2) is 61.0 Å². The molecule has 0 radical (unpaired) electrons. The minimum atomic E-state index is -4.77. The van der Waals surface area contributed by atoms with Gasteiger partial charge in [0.1, 0.15) is 12.2 Å². The highest BCUT2D eigenvalue weighted by Crippen LogP contribution is 2.24. The largest absolute Gasteiger partial charge is 0.397 e. The van der Waals surface area contributed by atoms with E-state index in [-0.39, 0.29) is 0 Å². The van der Waals surface area contributed by atoms with Gasteiger partial charge in [-0.2, -0.15) is 8.42 Å². The van der Waals surface area contributed by atoms with Crippen LogP contribution in [-0.2, 0) is 24.1 Å². The Hall–Kier alpha value is -0.290. The molecule has 0 aromatic heterocycles. The zero-order valence-electron chi connectivity index (χ0n) is 8.68. The average Bonchev–Trinajstić information content (AvgIpc) is 2.17. The maximum absolute atomic E-state index is 10.5. The van der Waals surface area contributed by atoms with E-state index in [1.54, 1.807) is 0 Å². The number of ether oxygens (including phenoxy) is 2. The lowest BCUT2D eigenvalue weighted by molar-refractivity contribution is -0.280. The highest BCUT2D eigenvalue weighted by atomic mass is 32.3. The summed E-state index contributed by atoms with van der Waals surface area (Å²) in [6.45, 7) is 1.48. The van der Waals surface area contributed by atoms with Crippen LogP contribution in [0.25, 0.3) is 0 Å². The van der Waals surface area contributed by atoms with Gasteiger partial charge in [0.15, 0.2) is 12.4 Å². The smallest absolute Gasteiger partial charge is 0.388 e. The van der Waals surface area contributed by atoms with Crippen LogP contribution in [0.2, 0.25) is 0 Å². The molecule has 0 aliphatic carbocycles. The van der Waals surface area contributed by atoms with Crippen molar-refractivity contribution in [2.24, 2.45) is 0 Å². The molecule has 0 aromatic rings. The predicted octanol–water partition coefficient (Wildman–Crippen LogP) is -1.71. The Morgan fingerprint density at radius 2 is 1.81 bits per heavy atom. The Balaban J connectivity index is 2.85. The summed E-state index contributed by atoms with van der Waals surface area (Å²) in [5, 5.41) is 19.0. The number of aliphatic hydroxyl groups excluding tert-OH is 2. The van der Waals surface area contributed by atoms with Gasteiger partial charge in [-0.25, -0.2) is 4.18 Å². The van der Waals surface area contributed by atoms with Crippen LogP contribution >= 0.6 is 0 Å². The molecule has 0 bridgehead atoms. The predicted molar refractivity (Wildman–Crippen MR) is 49.8 cm³/mol. The third kappa shape index (κ3) is 3.10. The quantitative estimate of drug-likeness (QED) is 0.511. The molecule has 1 aliphatic heterocycles. The van der Waals surface area contributed by atoms with Crippen LogP contribution < -0.4 is 0 Å². The SMILES string of the molecule is COC1OC(C)C(O)C(O)C1OS(=O)(=O)O. The Morgan fingerprint density at radius 1 is 1.25 bits per heavy atom. The van der Waals surface area contributed by atoms with E-state index < -0.39 is 41.1 Å². The third-order valence-electron chi connectivity index (χ3n) is 2.25. The number of hydrogen-bond acceptors (Lipinski definition) is 7. The Kier molecular flexibility index (Phi) is 4.23. The zero-order chi connectivity index (χ0) is 12.5. The molecule has 1 rings (SSSR count). The first-order chi connectivity index (χ1) is 7.26. The minimum absolute atomic E-state index is 0.749.